The van der Waals surface area contributed by atoms with Crippen LogP contribution in [0, 0.1) is 48.2 Å². The van der Waals surface area contributed by atoms with E-state index >= 15 is 0 Å². The molecule has 4 aromatic heterocycles. The average Bonchev–Trinajstić information content (AvgIpc) is 2.63. The van der Waals surface area contributed by atoms with Crippen LogP contribution in [0.25, 0.3) is 21.9 Å². The number of hydrogen-bond acceptors (Lipinski definition) is 16. The van der Waals surface area contributed by atoms with Crippen LogP contribution in [-0.4, -0.2) is 0 Å². The summed E-state index contributed by atoms with van der Waals surface area (Å²) in [5.74, 6) is 1.81. The van der Waals surface area contributed by atoms with Crippen molar-refractivity contribution in [1.29, 1.82) is 0 Å². The van der Waals surface area contributed by atoms with E-state index in [1.54, 1.807) is 27.7 Å². The standard InChI is InChI=1S/2C10H8O4.2ClHO4.Ni.2H2O/c2*1-5-3-7(11)9-8(13-5)4-6(2)14-10(9)12;2*2-1(3,4)5;;;/h2*3-4H,1-2H3;2*(H,2,3,4,5);;2*1H2/q;;;;+2;;. The number of rotatable bonds is 0. The van der Waals surface area contributed by atoms with Gasteiger partial charge in [0, 0.05) is 24.3 Å². The van der Waals surface area contributed by atoms with Crippen molar-refractivity contribution in [3.63, 3.8) is 0 Å². The predicted octanol–water partition coefficient (Wildman–Crippen LogP) is -8.63. The van der Waals surface area contributed by atoms with Crippen LogP contribution in [-0.2, 0) is 27.4 Å². The zero-order chi connectivity index (χ0) is 29.6. The summed E-state index contributed by atoms with van der Waals surface area (Å²) < 4.78 is 88.0. The second kappa shape index (κ2) is 17.1. The third-order valence-corrected chi connectivity index (χ3v) is 3.78. The minimum absolute atomic E-state index is 0. The van der Waals surface area contributed by atoms with Crippen molar-refractivity contribution >= 4 is 21.9 Å². The molecule has 0 saturated carbocycles. The van der Waals surface area contributed by atoms with Crippen LogP contribution in [0.5, 0.6) is 0 Å². The summed E-state index contributed by atoms with van der Waals surface area (Å²) in [6.07, 6.45) is 0. The van der Waals surface area contributed by atoms with Crippen LogP contribution in [0.1, 0.15) is 23.0 Å². The van der Waals surface area contributed by atoms with Crippen LogP contribution in [0.15, 0.2) is 61.1 Å². The Balaban J connectivity index is -0.000000507. The van der Waals surface area contributed by atoms with Crippen molar-refractivity contribution in [1.82, 2.24) is 0 Å². The number of aryl methyl sites for hydroxylation is 4. The number of hydrogen-bond donors (Lipinski definition) is 0. The summed E-state index contributed by atoms with van der Waals surface area (Å²) in [7, 11) is -9.89. The molecule has 0 aliphatic heterocycles. The number of fused-ring (bicyclic) bond motifs is 2. The van der Waals surface area contributed by atoms with E-state index in [-0.39, 0.29) is 60.2 Å². The van der Waals surface area contributed by atoms with Crippen LogP contribution < -0.4 is 59.4 Å². The van der Waals surface area contributed by atoms with E-state index in [0.717, 1.165) is 0 Å². The van der Waals surface area contributed by atoms with Gasteiger partial charge in [0.2, 0.25) is 0 Å². The van der Waals surface area contributed by atoms with E-state index in [0.29, 0.717) is 23.0 Å². The van der Waals surface area contributed by atoms with Gasteiger partial charge in [-0.2, -0.15) is 0 Å². The van der Waals surface area contributed by atoms with Gasteiger partial charge >= 0.3 is 27.7 Å². The SMILES string of the molecule is Cc1cc2oc(C)cc(=O)c2c(=O)o1.Cc1cc2oc(C)cc(=O)c2c(=O)o1.[Ni+2].[O-][Cl+3]([O-])([O-])[O-].[O-][Cl+3]([O-])([O-])[O-].[OH3+].[OH3+]. The fourth-order valence-electron chi connectivity index (χ4n) is 2.69. The maximum absolute atomic E-state index is 11.4. The first kappa shape index (κ1) is 42.5. The van der Waals surface area contributed by atoms with Crippen LogP contribution in [0.4, 0.5) is 0 Å². The zero-order valence-corrected chi connectivity index (χ0v) is 23.6. The van der Waals surface area contributed by atoms with Gasteiger partial charge < -0.3 is 28.6 Å². The van der Waals surface area contributed by atoms with Gasteiger partial charge in [0.1, 0.15) is 34.2 Å². The minimum Gasteiger partial charge on any atom is -0.461 e. The van der Waals surface area contributed by atoms with Gasteiger partial charge in [-0.1, -0.05) is 0 Å². The molecule has 0 saturated heterocycles. The van der Waals surface area contributed by atoms with Gasteiger partial charge in [-0.3, -0.25) is 9.59 Å². The maximum atomic E-state index is 11.4. The molecule has 41 heavy (non-hydrogen) atoms. The molecule has 0 aliphatic rings. The molecule has 232 valence electrons. The van der Waals surface area contributed by atoms with E-state index in [1.165, 1.54) is 24.3 Å². The third-order valence-electron chi connectivity index (χ3n) is 3.78. The van der Waals surface area contributed by atoms with Gasteiger partial charge in [-0.25, -0.2) is 46.9 Å². The van der Waals surface area contributed by atoms with Gasteiger partial charge in [-0.05, 0) is 27.7 Å². The molecule has 0 atom stereocenters. The fourth-order valence-corrected chi connectivity index (χ4v) is 2.69. The Morgan fingerprint density at radius 2 is 0.707 bits per heavy atom. The second-order valence-electron chi connectivity index (χ2n) is 6.97. The molecule has 4 heterocycles. The molecule has 4 rings (SSSR count). The van der Waals surface area contributed by atoms with Crippen LogP contribution in [0.3, 0.4) is 0 Å². The molecular formula is C20H22Cl2NiO18+2. The molecule has 0 spiro atoms. The van der Waals surface area contributed by atoms with Crippen molar-refractivity contribution in [2.24, 2.45) is 0 Å². The quantitative estimate of drug-likeness (QED) is 0.123. The summed E-state index contributed by atoms with van der Waals surface area (Å²) >= 11 is 0. The van der Waals surface area contributed by atoms with Crippen molar-refractivity contribution < 1.29 is 103 Å². The van der Waals surface area contributed by atoms with Gasteiger partial charge in [0.25, 0.3) is 0 Å². The summed E-state index contributed by atoms with van der Waals surface area (Å²) in [6.45, 7) is 6.57. The Labute approximate surface area is 240 Å². The Hall–Kier alpha value is -3.01. The molecule has 0 amide bonds. The molecule has 6 N–H and O–H groups in total. The van der Waals surface area contributed by atoms with Gasteiger partial charge in [0.05, 0.1) is 0 Å². The topological polar surface area (TPSA) is 371 Å². The molecule has 0 fully saturated rings. The average molecular weight is 680 g/mol. The molecule has 4 aromatic rings. The molecule has 0 unspecified atom stereocenters. The molecule has 0 radical (unpaired) electrons. The smallest absolute Gasteiger partial charge is 0.461 e. The zero-order valence-electron chi connectivity index (χ0n) is 21.1. The summed E-state index contributed by atoms with van der Waals surface area (Å²) in [4.78, 5) is 45.4. The van der Waals surface area contributed by atoms with E-state index in [1.807, 2.05) is 0 Å². The monoisotopic (exact) mass is 678 g/mol. The molecule has 0 aromatic carbocycles. The fraction of sp³-hybridized carbons (Fsp3) is 0.200. The van der Waals surface area contributed by atoms with Crippen molar-refractivity contribution in [2.45, 2.75) is 27.7 Å². The first-order chi connectivity index (χ1) is 17.2. The van der Waals surface area contributed by atoms with Crippen molar-refractivity contribution in [3.8, 4) is 0 Å². The predicted molar refractivity (Wildman–Crippen MR) is 111 cm³/mol. The number of halogens is 2. The Bertz CT molecular complexity index is 1410. The minimum atomic E-state index is -4.94. The molecular weight excluding hydrogens is 658 g/mol. The normalized spacial score (nSPS) is 10.2. The first-order valence-electron chi connectivity index (χ1n) is 9.49. The molecule has 21 heteroatoms. The Kier molecular flexibility index (Phi) is 17.7. The Morgan fingerprint density at radius 1 is 0.488 bits per heavy atom. The van der Waals surface area contributed by atoms with Crippen LogP contribution in [0.2, 0.25) is 0 Å². The Morgan fingerprint density at radius 3 is 0.951 bits per heavy atom. The van der Waals surface area contributed by atoms with E-state index in [9.17, 15) is 19.2 Å². The van der Waals surface area contributed by atoms with Gasteiger partial charge in [0.15, 0.2) is 21.6 Å². The third kappa shape index (κ3) is 16.1. The van der Waals surface area contributed by atoms with E-state index in [4.69, 9.17) is 54.9 Å². The second-order valence-corrected chi connectivity index (χ2v) is 8.48. The van der Waals surface area contributed by atoms with Crippen LogP contribution >= 0.6 is 0 Å². The van der Waals surface area contributed by atoms with E-state index in [2.05, 4.69) is 0 Å². The maximum Gasteiger partial charge on any atom is 2.00 e. The first-order valence-corrected chi connectivity index (χ1v) is 12.0. The molecule has 0 bridgehead atoms. The van der Waals surface area contributed by atoms with Crippen molar-refractivity contribution in [3.05, 3.63) is 88.6 Å². The summed E-state index contributed by atoms with van der Waals surface area (Å²) in [5.41, 5.74) is -1.45. The summed E-state index contributed by atoms with van der Waals surface area (Å²) in [5, 5.41) is -0.0533. The van der Waals surface area contributed by atoms with E-state index < -0.39 is 31.7 Å². The largest absolute Gasteiger partial charge is 2.00 e. The van der Waals surface area contributed by atoms with Crippen molar-refractivity contribution in [2.75, 3.05) is 0 Å². The summed E-state index contributed by atoms with van der Waals surface area (Å²) in [6, 6.07) is 5.61. The van der Waals surface area contributed by atoms with Gasteiger partial charge in [-0.15, -0.1) is 20.5 Å². The molecule has 18 nitrogen and oxygen atoms in total. The molecule has 0 aliphatic carbocycles.